The van der Waals surface area contributed by atoms with Gasteiger partial charge in [0.1, 0.15) is 11.2 Å². The molecule has 7 aromatic carbocycles. The normalized spacial score (nSPS) is 11.9. The highest BCUT2D eigenvalue weighted by Gasteiger charge is 2.21. The van der Waals surface area contributed by atoms with Crippen molar-refractivity contribution in [3.8, 4) is 28.7 Å². The lowest BCUT2D eigenvalue weighted by Crippen LogP contribution is -2.06. The van der Waals surface area contributed by atoms with Crippen molar-refractivity contribution >= 4 is 65.3 Å². The molecule has 0 bridgehead atoms. The van der Waals surface area contributed by atoms with Crippen LogP contribution < -0.4 is 0 Å². The first-order chi connectivity index (χ1) is 22.8. The van der Waals surface area contributed by atoms with E-state index in [-0.39, 0.29) is 0 Å². The Morgan fingerprint density at radius 3 is 2.02 bits per heavy atom. The standard InChI is InChI=1S/C41H24N4O/c1-2-12-26(13-3-1)39-42-40(32-19-10-18-30-33-23-27-14-4-5-15-28(27)24-36(33)46-38(30)32)44-41(43-39)45-34-20-9-8-17-31(34)37-29-16-7-6-11-25(29)21-22-35(37)45/h1-24H. The van der Waals surface area contributed by atoms with Gasteiger partial charge in [0, 0.05) is 27.1 Å². The summed E-state index contributed by atoms with van der Waals surface area (Å²) in [7, 11) is 0. The van der Waals surface area contributed by atoms with E-state index in [4.69, 9.17) is 19.4 Å². The molecule has 0 saturated heterocycles. The van der Waals surface area contributed by atoms with Crippen molar-refractivity contribution in [3.63, 3.8) is 0 Å². The molecule has 214 valence electrons. The molecule has 46 heavy (non-hydrogen) atoms. The zero-order valence-corrected chi connectivity index (χ0v) is 24.6. The molecule has 0 aliphatic carbocycles. The Hall–Kier alpha value is -6.33. The SMILES string of the molecule is c1ccc(-c2nc(-c3cccc4c3oc3cc5ccccc5cc34)nc(-n3c4ccccc4c4c5ccccc5ccc43)n2)cc1. The van der Waals surface area contributed by atoms with Crippen molar-refractivity contribution in [1.82, 2.24) is 19.5 Å². The minimum atomic E-state index is 0.559. The summed E-state index contributed by atoms with van der Waals surface area (Å²) in [5.41, 5.74) is 5.43. The van der Waals surface area contributed by atoms with Gasteiger partial charge in [-0.2, -0.15) is 9.97 Å². The van der Waals surface area contributed by atoms with Crippen LogP contribution in [-0.4, -0.2) is 19.5 Å². The van der Waals surface area contributed by atoms with E-state index in [1.54, 1.807) is 0 Å². The molecule has 10 aromatic rings. The van der Waals surface area contributed by atoms with Gasteiger partial charge in [0.05, 0.1) is 16.6 Å². The molecule has 3 aromatic heterocycles. The van der Waals surface area contributed by atoms with Gasteiger partial charge in [-0.3, -0.25) is 4.57 Å². The average molecular weight is 589 g/mol. The zero-order chi connectivity index (χ0) is 30.2. The van der Waals surface area contributed by atoms with Gasteiger partial charge in [-0.05, 0) is 51.9 Å². The monoisotopic (exact) mass is 588 g/mol. The van der Waals surface area contributed by atoms with Gasteiger partial charge in [-0.1, -0.05) is 115 Å². The quantitative estimate of drug-likeness (QED) is 0.206. The topological polar surface area (TPSA) is 56.7 Å². The van der Waals surface area contributed by atoms with Crippen LogP contribution in [0.5, 0.6) is 0 Å². The van der Waals surface area contributed by atoms with Gasteiger partial charge in [0.15, 0.2) is 11.6 Å². The van der Waals surface area contributed by atoms with Gasteiger partial charge < -0.3 is 4.42 Å². The Morgan fingerprint density at radius 1 is 0.457 bits per heavy atom. The molecule has 0 atom stereocenters. The number of fused-ring (bicyclic) bond motifs is 9. The number of rotatable bonds is 3. The second-order valence-corrected chi connectivity index (χ2v) is 11.7. The summed E-state index contributed by atoms with van der Waals surface area (Å²) in [5.74, 6) is 1.72. The smallest absolute Gasteiger partial charge is 0.238 e. The van der Waals surface area contributed by atoms with E-state index in [0.29, 0.717) is 17.6 Å². The van der Waals surface area contributed by atoms with Gasteiger partial charge >= 0.3 is 0 Å². The number of benzene rings is 7. The fraction of sp³-hybridized carbons (Fsp3) is 0. The molecule has 10 rings (SSSR count). The molecule has 5 heteroatoms. The Balaban J connectivity index is 1.29. The molecule has 0 amide bonds. The van der Waals surface area contributed by atoms with Crippen molar-refractivity contribution in [1.29, 1.82) is 0 Å². The molecule has 0 aliphatic heterocycles. The largest absolute Gasteiger partial charge is 0.455 e. The van der Waals surface area contributed by atoms with Crippen molar-refractivity contribution in [3.05, 3.63) is 146 Å². The third-order valence-electron chi connectivity index (χ3n) is 9.02. The predicted molar refractivity (Wildman–Crippen MR) is 187 cm³/mol. The van der Waals surface area contributed by atoms with Crippen LogP contribution in [0, 0.1) is 0 Å². The van der Waals surface area contributed by atoms with Crippen LogP contribution in [0.2, 0.25) is 0 Å². The highest BCUT2D eigenvalue weighted by atomic mass is 16.3. The summed E-state index contributed by atoms with van der Waals surface area (Å²) in [6.45, 7) is 0. The third kappa shape index (κ3) is 3.66. The fourth-order valence-corrected chi connectivity index (χ4v) is 6.92. The molecule has 0 radical (unpaired) electrons. The summed E-state index contributed by atoms with van der Waals surface area (Å²) in [4.78, 5) is 15.4. The van der Waals surface area contributed by atoms with E-state index in [1.807, 2.05) is 36.4 Å². The summed E-state index contributed by atoms with van der Waals surface area (Å²) < 4.78 is 8.77. The molecule has 0 fully saturated rings. The third-order valence-corrected chi connectivity index (χ3v) is 9.02. The van der Waals surface area contributed by atoms with Crippen molar-refractivity contribution < 1.29 is 4.42 Å². The number of hydrogen-bond donors (Lipinski definition) is 0. The van der Waals surface area contributed by atoms with E-state index >= 15 is 0 Å². The van der Waals surface area contributed by atoms with Crippen LogP contribution in [0.15, 0.2) is 150 Å². The predicted octanol–water partition coefficient (Wildman–Crippen LogP) is 10.5. The highest BCUT2D eigenvalue weighted by Crippen LogP contribution is 2.39. The molecule has 0 saturated carbocycles. The lowest BCUT2D eigenvalue weighted by atomic mass is 10.0. The Bertz CT molecular complexity index is 2810. The molecule has 0 spiro atoms. The zero-order valence-electron chi connectivity index (χ0n) is 24.6. The second kappa shape index (κ2) is 9.58. The van der Waals surface area contributed by atoms with Gasteiger partial charge in [-0.15, -0.1) is 0 Å². The maximum Gasteiger partial charge on any atom is 0.238 e. The fourth-order valence-electron chi connectivity index (χ4n) is 6.92. The maximum absolute atomic E-state index is 6.60. The minimum absolute atomic E-state index is 0.559. The lowest BCUT2D eigenvalue weighted by Gasteiger charge is -2.11. The van der Waals surface area contributed by atoms with Crippen molar-refractivity contribution in [2.45, 2.75) is 0 Å². The van der Waals surface area contributed by atoms with E-state index in [0.717, 1.165) is 54.9 Å². The van der Waals surface area contributed by atoms with E-state index in [9.17, 15) is 0 Å². The first-order valence-corrected chi connectivity index (χ1v) is 15.4. The van der Waals surface area contributed by atoms with Crippen LogP contribution >= 0.6 is 0 Å². The summed E-state index contributed by atoms with van der Waals surface area (Å²) in [6.07, 6.45) is 0. The first-order valence-electron chi connectivity index (χ1n) is 15.4. The summed E-state index contributed by atoms with van der Waals surface area (Å²) >= 11 is 0. The maximum atomic E-state index is 6.60. The molecule has 3 heterocycles. The molecule has 5 nitrogen and oxygen atoms in total. The van der Waals surface area contributed by atoms with Gasteiger partial charge in [-0.25, -0.2) is 4.98 Å². The van der Waals surface area contributed by atoms with E-state index in [1.165, 1.54) is 21.5 Å². The van der Waals surface area contributed by atoms with E-state index < -0.39 is 0 Å². The van der Waals surface area contributed by atoms with Crippen LogP contribution in [0.1, 0.15) is 0 Å². The minimum Gasteiger partial charge on any atom is -0.455 e. The summed E-state index contributed by atoms with van der Waals surface area (Å²) in [6, 6.07) is 50.3. The Morgan fingerprint density at radius 2 is 1.15 bits per heavy atom. The first kappa shape index (κ1) is 25.0. The van der Waals surface area contributed by atoms with Crippen molar-refractivity contribution in [2.24, 2.45) is 0 Å². The van der Waals surface area contributed by atoms with E-state index in [2.05, 4.69) is 114 Å². The van der Waals surface area contributed by atoms with Crippen LogP contribution in [0.4, 0.5) is 0 Å². The van der Waals surface area contributed by atoms with Crippen LogP contribution in [0.3, 0.4) is 0 Å². The molecule has 0 N–H and O–H groups in total. The Labute approximate surface area is 263 Å². The number of furan rings is 1. The number of aromatic nitrogens is 4. The molecule has 0 aliphatic rings. The number of para-hydroxylation sites is 2. The molecular weight excluding hydrogens is 564 g/mol. The molecular formula is C41H24N4O. The Kier molecular flexibility index (Phi) is 5.22. The highest BCUT2D eigenvalue weighted by molar-refractivity contribution is 6.21. The number of hydrogen-bond acceptors (Lipinski definition) is 4. The summed E-state index contributed by atoms with van der Waals surface area (Å²) in [5, 5.41) is 9.16. The van der Waals surface area contributed by atoms with Crippen molar-refractivity contribution in [2.75, 3.05) is 0 Å². The molecule has 0 unspecified atom stereocenters. The van der Waals surface area contributed by atoms with Crippen LogP contribution in [0.25, 0.3) is 94.0 Å². The average Bonchev–Trinajstić information content (AvgIpc) is 3.66. The lowest BCUT2D eigenvalue weighted by molar-refractivity contribution is 0.670. The second-order valence-electron chi connectivity index (χ2n) is 11.7. The van der Waals surface area contributed by atoms with Gasteiger partial charge in [0.25, 0.3) is 0 Å². The van der Waals surface area contributed by atoms with Crippen LogP contribution in [-0.2, 0) is 0 Å². The number of nitrogens with zero attached hydrogens (tertiary/aromatic N) is 4. The van der Waals surface area contributed by atoms with Gasteiger partial charge in [0.2, 0.25) is 5.95 Å².